The van der Waals surface area contributed by atoms with Crippen molar-refractivity contribution in [3.05, 3.63) is 11.3 Å². The number of rotatable bonds is 3. The topological polar surface area (TPSA) is 35.5 Å². The molecule has 0 saturated carbocycles. The zero-order valence-corrected chi connectivity index (χ0v) is 9.26. The molecular formula is C10H15ClO3. The van der Waals surface area contributed by atoms with Gasteiger partial charge in [0.25, 0.3) is 0 Å². The molecule has 0 unspecified atom stereocenters. The molecule has 4 heteroatoms. The molecule has 14 heavy (non-hydrogen) atoms. The first kappa shape index (κ1) is 11.4. The summed E-state index contributed by atoms with van der Waals surface area (Å²) >= 11 is 5.65. The highest BCUT2D eigenvalue weighted by Crippen LogP contribution is 2.26. The molecule has 0 aliphatic carbocycles. The molecular weight excluding hydrogens is 204 g/mol. The average Bonchev–Trinajstić information content (AvgIpc) is 2.65. The minimum Gasteiger partial charge on any atom is -0.493 e. The van der Waals surface area contributed by atoms with Gasteiger partial charge in [-0.3, -0.25) is 0 Å². The number of alkyl halides is 1. The lowest BCUT2D eigenvalue weighted by Gasteiger charge is -2.08. The van der Waals surface area contributed by atoms with Gasteiger partial charge in [0.05, 0.1) is 18.1 Å². The molecule has 3 nitrogen and oxygen atoms in total. The standard InChI is InChI=1S/C10H15ClO3/c1-3-13-10(12)7(2)9-5-4-8(6-11)14-9/h8H,3-6H2,1-2H3/b9-7-/t8-/m1/s1. The van der Waals surface area contributed by atoms with E-state index in [-0.39, 0.29) is 12.1 Å². The fraction of sp³-hybridized carbons (Fsp3) is 0.700. The monoisotopic (exact) mass is 218 g/mol. The summed E-state index contributed by atoms with van der Waals surface area (Å²) in [6.45, 7) is 3.90. The van der Waals surface area contributed by atoms with Crippen LogP contribution in [0.5, 0.6) is 0 Å². The van der Waals surface area contributed by atoms with Gasteiger partial charge >= 0.3 is 5.97 Å². The van der Waals surface area contributed by atoms with Crippen LogP contribution in [0.1, 0.15) is 26.7 Å². The van der Waals surface area contributed by atoms with Crippen LogP contribution >= 0.6 is 11.6 Å². The van der Waals surface area contributed by atoms with Crippen LogP contribution in [-0.2, 0) is 14.3 Å². The maximum absolute atomic E-state index is 11.3. The SMILES string of the molecule is CCOC(=O)/C(C)=C1/CC[C@H](CCl)O1. The van der Waals surface area contributed by atoms with Gasteiger partial charge in [-0.15, -0.1) is 11.6 Å². The first-order chi connectivity index (χ1) is 6.69. The van der Waals surface area contributed by atoms with E-state index in [0.29, 0.717) is 18.1 Å². The van der Waals surface area contributed by atoms with E-state index < -0.39 is 0 Å². The summed E-state index contributed by atoms with van der Waals surface area (Å²) in [4.78, 5) is 11.3. The summed E-state index contributed by atoms with van der Waals surface area (Å²) in [5, 5.41) is 0. The maximum Gasteiger partial charge on any atom is 0.337 e. The van der Waals surface area contributed by atoms with E-state index in [1.807, 2.05) is 0 Å². The van der Waals surface area contributed by atoms with Gasteiger partial charge < -0.3 is 9.47 Å². The zero-order chi connectivity index (χ0) is 10.6. The number of hydrogen-bond donors (Lipinski definition) is 0. The second-order valence-electron chi connectivity index (χ2n) is 3.20. The van der Waals surface area contributed by atoms with Crippen molar-refractivity contribution in [2.24, 2.45) is 0 Å². The predicted octanol–water partition coefficient (Wildman–Crippen LogP) is 2.24. The molecule has 1 saturated heterocycles. The first-order valence-electron chi connectivity index (χ1n) is 4.78. The lowest BCUT2D eigenvalue weighted by atomic mass is 10.2. The molecule has 0 aromatic rings. The highest BCUT2D eigenvalue weighted by Gasteiger charge is 2.24. The Labute approximate surface area is 89.0 Å². The van der Waals surface area contributed by atoms with Crippen LogP contribution in [0.15, 0.2) is 11.3 Å². The second kappa shape index (κ2) is 5.25. The molecule has 0 amide bonds. The maximum atomic E-state index is 11.3. The minimum absolute atomic E-state index is 0.0519. The Kier molecular flexibility index (Phi) is 4.26. The van der Waals surface area contributed by atoms with Crippen molar-refractivity contribution in [3.8, 4) is 0 Å². The van der Waals surface area contributed by atoms with Crippen LogP contribution in [0.2, 0.25) is 0 Å². The molecule has 0 radical (unpaired) electrons. The van der Waals surface area contributed by atoms with Crippen molar-refractivity contribution in [1.29, 1.82) is 0 Å². The summed E-state index contributed by atoms with van der Waals surface area (Å²) in [6.07, 6.45) is 1.72. The van der Waals surface area contributed by atoms with Crippen molar-refractivity contribution in [1.82, 2.24) is 0 Å². The number of allylic oxidation sites excluding steroid dienone is 1. The van der Waals surface area contributed by atoms with Crippen molar-refractivity contribution in [2.45, 2.75) is 32.8 Å². The van der Waals surface area contributed by atoms with E-state index in [4.69, 9.17) is 21.1 Å². The fourth-order valence-electron chi connectivity index (χ4n) is 1.35. The van der Waals surface area contributed by atoms with Gasteiger partial charge in [0.15, 0.2) is 0 Å². The van der Waals surface area contributed by atoms with E-state index in [9.17, 15) is 4.79 Å². The van der Waals surface area contributed by atoms with Crippen LogP contribution in [0, 0.1) is 0 Å². The van der Waals surface area contributed by atoms with E-state index in [0.717, 1.165) is 18.6 Å². The quantitative estimate of drug-likeness (QED) is 0.414. The number of carbonyl (C=O) groups excluding carboxylic acids is 1. The van der Waals surface area contributed by atoms with E-state index >= 15 is 0 Å². The smallest absolute Gasteiger partial charge is 0.337 e. The number of hydrogen-bond acceptors (Lipinski definition) is 3. The lowest BCUT2D eigenvalue weighted by Crippen LogP contribution is -2.09. The molecule has 1 atom stereocenters. The third kappa shape index (κ3) is 2.64. The van der Waals surface area contributed by atoms with Crippen LogP contribution in [0.25, 0.3) is 0 Å². The highest BCUT2D eigenvalue weighted by molar-refractivity contribution is 6.18. The third-order valence-electron chi connectivity index (χ3n) is 2.17. The molecule has 0 N–H and O–H groups in total. The number of halogens is 1. The minimum atomic E-state index is -0.294. The molecule has 80 valence electrons. The Morgan fingerprint density at radius 2 is 2.43 bits per heavy atom. The van der Waals surface area contributed by atoms with Crippen molar-refractivity contribution in [3.63, 3.8) is 0 Å². The first-order valence-corrected chi connectivity index (χ1v) is 5.32. The van der Waals surface area contributed by atoms with E-state index in [2.05, 4.69) is 0 Å². The molecule has 0 aromatic heterocycles. The molecule has 1 aliphatic heterocycles. The van der Waals surface area contributed by atoms with Gasteiger partial charge in [0, 0.05) is 6.42 Å². The Balaban J connectivity index is 2.61. The van der Waals surface area contributed by atoms with Gasteiger partial charge in [-0.25, -0.2) is 4.79 Å². The summed E-state index contributed by atoms with van der Waals surface area (Å²) in [6, 6.07) is 0. The van der Waals surface area contributed by atoms with E-state index in [1.165, 1.54) is 0 Å². The normalized spacial score (nSPS) is 24.4. The van der Waals surface area contributed by atoms with Gasteiger partial charge in [0.2, 0.25) is 0 Å². The van der Waals surface area contributed by atoms with Crippen LogP contribution < -0.4 is 0 Å². The molecule has 1 fully saturated rings. The molecule has 1 rings (SSSR count). The molecule has 0 bridgehead atoms. The number of esters is 1. The summed E-state index contributed by atoms with van der Waals surface area (Å²) in [5.74, 6) is 0.909. The third-order valence-corrected chi connectivity index (χ3v) is 2.52. The molecule has 0 spiro atoms. The number of ether oxygens (including phenoxy) is 2. The summed E-state index contributed by atoms with van der Waals surface area (Å²) in [7, 11) is 0. The van der Waals surface area contributed by atoms with Crippen LogP contribution in [0.4, 0.5) is 0 Å². The fourth-order valence-corrected chi connectivity index (χ4v) is 1.57. The highest BCUT2D eigenvalue weighted by atomic mass is 35.5. The lowest BCUT2D eigenvalue weighted by molar-refractivity contribution is -0.138. The van der Waals surface area contributed by atoms with Gasteiger partial charge in [-0.1, -0.05) is 0 Å². The van der Waals surface area contributed by atoms with Gasteiger partial charge in [-0.2, -0.15) is 0 Å². The molecule has 0 aromatic carbocycles. The van der Waals surface area contributed by atoms with Crippen molar-refractivity contribution in [2.75, 3.05) is 12.5 Å². The van der Waals surface area contributed by atoms with E-state index in [1.54, 1.807) is 13.8 Å². The largest absolute Gasteiger partial charge is 0.493 e. The van der Waals surface area contributed by atoms with Gasteiger partial charge in [-0.05, 0) is 20.3 Å². The molecule has 1 aliphatic rings. The predicted molar refractivity (Wildman–Crippen MR) is 54.2 cm³/mol. The average molecular weight is 219 g/mol. The Morgan fingerprint density at radius 3 is 2.93 bits per heavy atom. The number of carbonyl (C=O) groups is 1. The summed E-state index contributed by atoms with van der Waals surface area (Å²) < 4.78 is 10.4. The van der Waals surface area contributed by atoms with Crippen molar-refractivity contribution < 1.29 is 14.3 Å². The molecule has 1 heterocycles. The second-order valence-corrected chi connectivity index (χ2v) is 3.51. The Hall–Kier alpha value is -0.700. The Morgan fingerprint density at radius 1 is 1.71 bits per heavy atom. The van der Waals surface area contributed by atoms with Crippen LogP contribution in [0.3, 0.4) is 0 Å². The Bertz CT molecular complexity index is 248. The zero-order valence-electron chi connectivity index (χ0n) is 8.51. The van der Waals surface area contributed by atoms with Gasteiger partial charge in [0.1, 0.15) is 11.9 Å². The summed E-state index contributed by atoms with van der Waals surface area (Å²) in [5.41, 5.74) is 0.569. The van der Waals surface area contributed by atoms with Crippen LogP contribution in [-0.4, -0.2) is 24.6 Å². The van der Waals surface area contributed by atoms with Crippen molar-refractivity contribution >= 4 is 17.6 Å².